The van der Waals surface area contributed by atoms with Gasteiger partial charge in [0, 0.05) is 25.7 Å². The second-order valence-electron chi connectivity index (χ2n) is 5.78. The van der Waals surface area contributed by atoms with Crippen molar-refractivity contribution in [3.05, 3.63) is 0 Å². The molecule has 120 valence electrons. The summed E-state index contributed by atoms with van der Waals surface area (Å²) in [5.41, 5.74) is 0. The normalized spacial score (nSPS) is 24.3. The second-order valence-corrected chi connectivity index (χ2v) is 5.78. The van der Waals surface area contributed by atoms with Crippen LogP contribution in [-0.4, -0.2) is 66.9 Å². The predicted molar refractivity (Wildman–Crippen MR) is 77.2 cm³/mol. The number of hydrogen-bond acceptors (Lipinski definition) is 4. The number of urea groups is 1. The first-order valence-electron chi connectivity index (χ1n) is 7.68. The Labute approximate surface area is 125 Å². The molecular formula is C14H25N3O4. The molecule has 2 rings (SSSR count). The molecule has 7 nitrogen and oxygen atoms in total. The van der Waals surface area contributed by atoms with E-state index in [1.165, 1.54) is 0 Å². The van der Waals surface area contributed by atoms with Gasteiger partial charge in [0.05, 0.1) is 19.1 Å². The zero-order chi connectivity index (χ0) is 15.2. The predicted octanol–water partition coefficient (Wildman–Crippen LogP) is 0.260. The van der Waals surface area contributed by atoms with E-state index in [9.17, 15) is 9.59 Å². The minimum absolute atomic E-state index is 0.00305. The van der Waals surface area contributed by atoms with Gasteiger partial charge in [0.15, 0.2) is 0 Å². The number of nitrogens with one attached hydrogen (secondary N) is 2. The van der Waals surface area contributed by atoms with Crippen molar-refractivity contribution in [3.8, 4) is 0 Å². The Morgan fingerprint density at radius 2 is 2.19 bits per heavy atom. The summed E-state index contributed by atoms with van der Waals surface area (Å²) >= 11 is 0. The van der Waals surface area contributed by atoms with Gasteiger partial charge in [0.25, 0.3) is 0 Å². The van der Waals surface area contributed by atoms with E-state index >= 15 is 0 Å². The molecule has 0 aromatic rings. The average molecular weight is 299 g/mol. The Hall–Kier alpha value is -1.34. The number of carbonyl (C=O) groups is 2. The number of carbonyl (C=O) groups excluding carboxylic acids is 1. The average Bonchev–Trinajstić information content (AvgIpc) is 3.29. The summed E-state index contributed by atoms with van der Waals surface area (Å²) in [5.74, 6) is -0.560. The van der Waals surface area contributed by atoms with Gasteiger partial charge in [-0.1, -0.05) is 6.92 Å². The first-order chi connectivity index (χ1) is 10.1. The van der Waals surface area contributed by atoms with Gasteiger partial charge in [-0.15, -0.1) is 0 Å². The molecule has 3 N–H and O–H groups in total. The maximum Gasteiger partial charge on any atom is 0.315 e. The van der Waals surface area contributed by atoms with Crippen LogP contribution in [0.25, 0.3) is 0 Å². The Morgan fingerprint density at radius 3 is 2.81 bits per heavy atom. The number of rotatable bonds is 7. The fourth-order valence-corrected chi connectivity index (χ4v) is 2.64. The van der Waals surface area contributed by atoms with Gasteiger partial charge in [-0.2, -0.15) is 0 Å². The molecule has 0 aromatic carbocycles. The lowest BCUT2D eigenvalue weighted by Gasteiger charge is -2.32. The van der Waals surface area contributed by atoms with Crippen LogP contribution in [0.2, 0.25) is 0 Å². The minimum Gasteiger partial charge on any atom is -0.481 e. The second kappa shape index (κ2) is 7.61. The molecule has 7 heteroatoms. The Morgan fingerprint density at radius 1 is 1.43 bits per heavy atom. The maximum atomic E-state index is 11.9. The van der Waals surface area contributed by atoms with Crippen LogP contribution in [0.3, 0.4) is 0 Å². The molecule has 1 saturated heterocycles. The third-order valence-corrected chi connectivity index (χ3v) is 4.06. The molecule has 1 aliphatic carbocycles. The number of nitrogens with zero attached hydrogens (tertiary/aromatic N) is 1. The number of carboxylic acid groups (broad SMARTS) is 1. The van der Waals surface area contributed by atoms with E-state index in [-0.39, 0.29) is 24.6 Å². The van der Waals surface area contributed by atoms with Crippen molar-refractivity contribution in [2.24, 2.45) is 5.92 Å². The van der Waals surface area contributed by atoms with E-state index < -0.39 is 5.97 Å². The molecule has 1 heterocycles. The number of carboxylic acids is 1. The minimum atomic E-state index is -0.874. The number of morpholine rings is 1. The van der Waals surface area contributed by atoms with Crippen molar-refractivity contribution < 1.29 is 19.4 Å². The van der Waals surface area contributed by atoms with Gasteiger partial charge in [0.2, 0.25) is 0 Å². The van der Waals surface area contributed by atoms with E-state index in [0.717, 1.165) is 32.5 Å². The van der Waals surface area contributed by atoms with Gasteiger partial charge in [-0.3, -0.25) is 9.69 Å². The molecule has 2 atom stereocenters. The van der Waals surface area contributed by atoms with Crippen LogP contribution in [0.1, 0.15) is 26.2 Å². The van der Waals surface area contributed by atoms with E-state index in [1.807, 2.05) is 0 Å². The van der Waals surface area contributed by atoms with Crippen molar-refractivity contribution in [1.29, 1.82) is 0 Å². The largest absolute Gasteiger partial charge is 0.481 e. The molecule has 1 aliphatic heterocycles. The lowest BCUT2D eigenvalue weighted by atomic mass is 10.1. The van der Waals surface area contributed by atoms with Crippen LogP contribution in [-0.2, 0) is 9.53 Å². The Balaban J connectivity index is 1.69. The van der Waals surface area contributed by atoms with E-state index in [4.69, 9.17) is 9.84 Å². The van der Waals surface area contributed by atoms with E-state index in [2.05, 4.69) is 22.5 Å². The first-order valence-corrected chi connectivity index (χ1v) is 7.68. The van der Waals surface area contributed by atoms with Crippen LogP contribution in [0.4, 0.5) is 4.79 Å². The topological polar surface area (TPSA) is 90.9 Å². The number of likely N-dealkylation sites (N-methyl/N-ethyl adjacent to an activating group) is 1. The summed E-state index contributed by atoms with van der Waals surface area (Å²) in [6.07, 6.45) is 1.98. The fraction of sp³-hybridized carbons (Fsp3) is 0.857. The zero-order valence-corrected chi connectivity index (χ0v) is 12.5. The number of aliphatic carboxylic acids is 1. The van der Waals surface area contributed by atoms with Crippen LogP contribution in [0, 0.1) is 5.92 Å². The van der Waals surface area contributed by atoms with Crippen LogP contribution >= 0.6 is 0 Å². The van der Waals surface area contributed by atoms with Gasteiger partial charge >= 0.3 is 12.0 Å². The molecule has 1 saturated carbocycles. The summed E-state index contributed by atoms with van der Waals surface area (Å²) in [4.78, 5) is 25.0. The standard InChI is InChI=1S/C14H25N3O4/c1-2-17-5-6-21-11(9-17)8-15-14(20)16-12(7-13(18)19)10-3-4-10/h10-12H,2-9H2,1H3,(H,18,19)(H2,15,16,20). The van der Waals surface area contributed by atoms with E-state index in [1.54, 1.807) is 0 Å². The summed E-state index contributed by atoms with van der Waals surface area (Å²) < 4.78 is 5.61. The molecule has 21 heavy (non-hydrogen) atoms. The highest BCUT2D eigenvalue weighted by Gasteiger charge is 2.33. The number of ether oxygens (including phenoxy) is 1. The molecule has 2 aliphatic rings. The van der Waals surface area contributed by atoms with Crippen LogP contribution < -0.4 is 10.6 Å². The van der Waals surface area contributed by atoms with Crippen molar-refractivity contribution in [2.75, 3.05) is 32.8 Å². The third kappa shape index (κ3) is 5.51. The Kier molecular flexibility index (Phi) is 5.81. The van der Waals surface area contributed by atoms with Gasteiger partial charge < -0.3 is 20.5 Å². The summed E-state index contributed by atoms with van der Waals surface area (Å²) in [5, 5.41) is 14.4. The molecule has 0 spiro atoms. The zero-order valence-electron chi connectivity index (χ0n) is 12.5. The van der Waals surface area contributed by atoms with Crippen molar-refractivity contribution in [1.82, 2.24) is 15.5 Å². The number of amides is 2. The lowest BCUT2D eigenvalue weighted by molar-refractivity contribution is -0.137. The van der Waals surface area contributed by atoms with E-state index in [0.29, 0.717) is 19.1 Å². The molecular weight excluding hydrogens is 274 g/mol. The smallest absolute Gasteiger partial charge is 0.315 e. The summed E-state index contributed by atoms with van der Waals surface area (Å²) in [6, 6.07) is -0.563. The quantitative estimate of drug-likeness (QED) is 0.627. The third-order valence-electron chi connectivity index (χ3n) is 4.06. The molecule has 0 bridgehead atoms. The van der Waals surface area contributed by atoms with Crippen molar-refractivity contribution in [3.63, 3.8) is 0 Å². The van der Waals surface area contributed by atoms with Crippen molar-refractivity contribution >= 4 is 12.0 Å². The number of hydrogen-bond donors (Lipinski definition) is 3. The van der Waals surface area contributed by atoms with Crippen molar-refractivity contribution in [2.45, 2.75) is 38.3 Å². The van der Waals surface area contributed by atoms with Gasteiger partial charge in [-0.05, 0) is 25.3 Å². The van der Waals surface area contributed by atoms with Gasteiger partial charge in [0.1, 0.15) is 0 Å². The molecule has 2 fully saturated rings. The molecule has 0 radical (unpaired) electrons. The van der Waals surface area contributed by atoms with Crippen LogP contribution in [0.15, 0.2) is 0 Å². The first kappa shape index (κ1) is 16.0. The molecule has 2 amide bonds. The monoisotopic (exact) mass is 299 g/mol. The highest BCUT2D eigenvalue weighted by Crippen LogP contribution is 2.33. The maximum absolute atomic E-state index is 11.9. The Bertz CT molecular complexity index is 373. The summed E-state index contributed by atoms with van der Waals surface area (Å²) in [6.45, 7) is 5.97. The highest BCUT2D eigenvalue weighted by molar-refractivity contribution is 5.75. The van der Waals surface area contributed by atoms with Gasteiger partial charge in [-0.25, -0.2) is 4.79 Å². The fourth-order valence-electron chi connectivity index (χ4n) is 2.64. The lowest BCUT2D eigenvalue weighted by Crippen LogP contribution is -2.50. The summed E-state index contributed by atoms with van der Waals surface area (Å²) in [7, 11) is 0. The SMILES string of the molecule is CCN1CCOC(CNC(=O)NC(CC(=O)O)C2CC2)C1. The molecule has 2 unspecified atom stereocenters. The highest BCUT2D eigenvalue weighted by atomic mass is 16.5. The van der Waals surface area contributed by atoms with Crippen LogP contribution in [0.5, 0.6) is 0 Å². The molecule has 0 aromatic heterocycles.